The molecule has 0 aliphatic rings. The van der Waals surface area contributed by atoms with E-state index < -0.39 is 10.0 Å². The van der Waals surface area contributed by atoms with Crippen LogP contribution in [0.25, 0.3) is 0 Å². The summed E-state index contributed by atoms with van der Waals surface area (Å²) in [6, 6.07) is 7.85. The van der Waals surface area contributed by atoms with Crippen LogP contribution in [0, 0.1) is 0 Å². The lowest BCUT2D eigenvalue weighted by Crippen LogP contribution is -2.19. The van der Waals surface area contributed by atoms with Gasteiger partial charge >= 0.3 is 0 Å². The number of hydrogen-bond donors (Lipinski definition) is 2. The molecule has 1 rings (SSSR count). The minimum Gasteiger partial charge on any atom is -0.310 e. The summed E-state index contributed by atoms with van der Waals surface area (Å²) in [6.07, 6.45) is 2.66. The summed E-state index contributed by atoms with van der Waals surface area (Å²) in [7, 11) is -3.21. The molecule has 4 nitrogen and oxygen atoms in total. The second-order valence-electron chi connectivity index (χ2n) is 5.07. The Morgan fingerprint density at radius 3 is 2.30 bits per heavy atom. The summed E-state index contributed by atoms with van der Waals surface area (Å²) in [4.78, 5) is 0. The fourth-order valence-corrected chi connectivity index (χ4v) is 3.15. The van der Waals surface area contributed by atoms with Gasteiger partial charge in [0.2, 0.25) is 10.0 Å². The highest BCUT2D eigenvalue weighted by Gasteiger charge is 2.10. The molecule has 0 saturated heterocycles. The number of sulfonamides is 1. The lowest BCUT2D eigenvalue weighted by atomic mass is 10.1. The highest BCUT2D eigenvalue weighted by molar-refractivity contribution is 7.92. The second kappa shape index (κ2) is 8.27. The molecule has 5 heteroatoms. The van der Waals surface area contributed by atoms with Crippen LogP contribution in [0.2, 0.25) is 0 Å². The molecule has 0 aliphatic heterocycles. The lowest BCUT2D eigenvalue weighted by molar-refractivity contribution is 0.571. The topological polar surface area (TPSA) is 58.2 Å². The number of rotatable bonds is 9. The van der Waals surface area contributed by atoms with Gasteiger partial charge in [-0.1, -0.05) is 32.4 Å². The van der Waals surface area contributed by atoms with Gasteiger partial charge in [0.25, 0.3) is 0 Å². The molecule has 1 aromatic rings. The van der Waals surface area contributed by atoms with E-state index in [1.54, 1.807) is 0 Å². The van der Waals surface area contributed by atoms with Crippen molar-refractivity contribution in [1.29, 1.82) is 0 Å². The Morgan fingerprint density at radius 2 is 1.75 bits per heavy atom. The van der Waals surface area contributed by atoms with E-state index in [2.05, 4.69) is 23.9 Å². The number of anilines is 1. The Hall–Kier alpha value is -1.07. The average molecular weight is 298 g/mol. The molecular formula is C15H26N2O2S. The van der Waals surface area contributed by atoms with Crippen LogP contribution >= 0.6 is 0 Å². The van der Waals surface area contributed by atoms with Crippen LogP contribution in [0.5, 0.6) is 0 Å². The monoisotopic (exact) mass is 298 g/mol. The van der Waals surface area contributed by atoms with Gasteiger partial charge in [-0.3, -0.25) is 4.72 Å². The van der Waals surface area contributed by atoms with Gasteiger partial charge in [-0.2, -0.15) is 0 Å². The first kappa shape index (κ1) is 17.0. The van der Waals surface area contributed by atoms with Gasteiger partial charge in [0.05, 0.1) is 5.75 Å². The zero-order chi connectivity index (χ0) is 15.0. The normalized spacial score (nSPS) is 13.2. The zero-order valence-corrected chi connectivity index (χ0v) is 13.5. The van der Waals surface area contributed by atoms with Gasteiger partial charge in [0, 0.05) is 11.7 Å². The molecule has 114 valence electrons. The van der Waals surface area contributed by atoms with Crippen LogP contribution in [0.1, 0.15) is 51.6 Å². The van der Waals surface area contributed by atoms with Crippen LogP contribution < -0.4 is 10.0 Å². The summed E-state index contributed by atoms with van der Waals surface area (Å²) in [6.45, 7) is 7.20. The van der Waals surface area contributed by atoms with Crippen molar-refractivity contribution in [1.82, 2.24) is 5.32 Å². The number of nitrogens with one attached hydrogen (secondary N) is 2. The molecule has 20 heavy (non-hydrogen) atoms. The molecule has 2 N–H and O–H groups in total. The number of benzene rings is 1. The van der Waals surface area contributed by atoms with Crippen LogP contribution in [-0.4, -0.2) is 20.7 Å². The molecule has 0 amide bonds. The van der Waals surface area contributed by atoms with Gasteiger partial charge in [0.15, 0.2) is 0 Å². The third-order valence-electron chi connectivity index (χ3n) is 3.15. The summed E-state index contributed by atoms with van der Waals surface area (Å²) in [5.41, 5.74) is 1.79. The van der Waals surface area contributed by atoms with E-state index in [4.69, 9.17) is 0 Å². The van der Waals surface area contributed by atoms with Crippen LogP contribution in [0.3, 0.4) is 0 Å². The quantitative estimate of drug-likeness (QED) is 0.735. The van der Waals surface area contributed by atoms with Gasteiger partial charge in [-0.05, 0) is 44.0 Å². The molecule has 0 bridgehead atoms. The Morgan fingerprint density at radius 1 is 1.10 bits per heavy atom. The van der Waals surface area contributed by atoms with E-state index in [1.165, 1.54) is 0 Å². The fraction of sp³-hybridized carbons (Fsp3) is 0.600. The van der Waals surface area contributed by atoms with Crippen molar-refractivity contribution < 1.29 is 8.42 Å². The average Bonchev–Trinajstić information content (AvgIpc) is 2.43. The molecule has 0 aromatic heterocycles. The molecule has 1 unspecified atom stereocenters. The third kappa shape index (κ3) is 5.92. The molecule has 0 radical (unpaired) electrons. The Labute approximate surface area is 123 Å². The Balaban J connectivity index is 2.62. The van der Waals surface area contributed by atoms with Gasteiger partial charge in [-0.15, -0.1) is 0 Å². The standard InChI is InChI=1S/C15H26N2O2S/c1-4-6-12-20(18,19)17-15-9-7-14(8-10-15)13(3)16-11-5-2/h7-10,13,16-17H,4-6,11-12H2,1-3H3. The van der Waals surface area contributed by atoms with Gasteiger partial charge in [0.1, 0.15) is 0 Å². The molecule has 0 saturated carbocycles. The molecule has 0 heterocycles. The summed E-state index contributed by atoms with van der Waals surface area (Å²) in [5, 5.41) is 3.41. The predicted molar refractivity (Wildman–Crippen MR) is 85.5 cm³/mol. The first-order chi connectivity index (χ1) is 9.48. The minimum absolute atomic E-state index is 0.180. The van der Waals surface area contributed by atoms with Crippen molar-refractivity contribution in [2.24, 2.45) is 0 Å². The Bertz CT molecular complexity index is 483. The number of unbranched alkanes of at least 4 members (excludes halogenated alkanes) is 1. The third-order valence-corrected chi connectivity index (χ3v) is 4.52. The molecular weight excluding hydrogens is 272 g/mol. The predicted octanol–water partition coefficient (Wildman–Crippen LogP) is 3.29. The summed E-state index contributed by atoms with van der Waals surface area (Å²) in [5.74, 6) is 0.180. The maximum atomic E-state index is 11.8. The molecule has 1 aromatic carbocycles. The number of hydrogen-bond acceptors (Lipinski definition) is 3. The van der Waals surface area contributed by atoms with Crippen molar-refractivity contribution >= 4 is 15.7 Å². The van der Waals surface area contributed by atoms with Crippen LogP contribution in [-0.2, 0) is 10.0 Å². The maximum Gasteiger partial charge on any atom is 0.232 e. The largest absolute Gasteiger partial charge is 0.310 e. The second-order valence-corrected chi connectivity index (χ2v) is 6.91. The highest BCUT2D eigenvalue weighted by atomic mass is 32.2. The van der Waals surface area contributed by atoms with Crippen molar-refractivity contribution in [3.8, 4) is 0 Å². The van der Waals surface area contributed by atoms with Crippen LogP contribution in [0.15, 0.2) is 24.3 Å². The molecule has 0 aliphatic carbocycles. The van der Waals surface area contributed by atoms with E-state index >= 15 is 0 Å². The van der Waals surface area contributed by atoms with Gasteiger partial charge in [-0.25, -0.2) is 8.42 Å². The minimum atomic E-state index is -3.21. The van der Waals surface area contributed by atoms with E-state index in [0.717, 1.165) is 24.9 Å². The van der Waals surface area contributed by atoms with E-state index in [-0.39, 0.29) is 11.8 Å². The molecule has 1 atom stereocenters. The van der Waals surface area contributed by atoms with Crippen molar-refractivity contribution in [2.45, 2.75) is 46.1 Å². The summed E-state index contributed by atoms with van der Waals surface area (Å²) >= 11 is 0. The molecule has 0 fully saturated rings. The zero-order valence-electron chi connectivity index (χ0n) is 12.6. The molecule has 0 spiro atoms. The van der Waals surface area contributed by atoms with E-state index in [9.17, 15) is 8.42 Å². The smallest absolute Gasteiger partial charge is 0.232 e. The SMILES string of the molecule is CCCCS(=O)(=O)Nc1ccc(C(C)NCCC)cc1. The first-order valence-corrected chi connectivity index (χ1v) is 8.97. The van der Waals surface area contributed by atoms with Crippen LogP contribution in [0.4, 0.5) is 5.69 Å². The van der Waals surface area contributed by atoms with Crippen molar-refractivity contribution in [3.05, 3.63) is 29.8 Å². The van der Waals surface area contributed by atoms with Crippen molar-refractivity contribution in [3.63, 3.8) is 0 Å². The Kier molecular flexibility index (Phi) is 7.02. The highest BCUT2D eigenvalue weighted by Crippen LogP contribution is 2.17. The van der Waals surface area contributed by atoms with Gasteiger partial charge < -0.3 is 5.32 Å². The lowest BCUT2D eigenvalue weighted by Gasteiger charge is -2.14. The first-order valence-electron chi connectivity index (χ1n) is 7.32. The van der Waals surface area contributed by atoms with E-state index in [0.29, 0.717) is 12.1 Å². The summed E-state index contributed by atoms with van der Waals surface area (Å²) < 4.78 is 26.2. The van der Waals surface area contributed by atoms with Crippen molar-refractivity contribution in [2.75, 3.05) is 17.0 Å². The maximum absolute atomic E-state index is 11.8. The fourth-order valence-electron chi connectivity index (χ4n) is 1.88. The van der Waals surface area contributed by atoms with E-state index in [1.807, 2.05) is 31.2 Å².